The van der Waals surface area contributed by atoms with Crippen LogP contribution in [0, 0.1) is 0 Å². The first kappa shape index (κ1) is 12.2. The summed E-state index contributed by atoms with van der Waals surface area (Å²) < 4.78 is 1.21. The van der Waals surface area contributed by atoms with Crippen LogP contribution >= 0.6 is 27.3 Å². The van der Waals surface area contributed by atoms with Gasteiger partial charge in [-0.15, -0.1) is 11.3 Å². The van der Waals surface area contributed by atoms with Crippen LogP contribution in [0.5, 0.6) is 0 Å². The molecular formula is C13H19BrN2S. The van der Waals surface area contributed by atoms with Crippen LogP contribution in [0.15, 0.2) is 15.9 Å². The predicted molar refractivity (Wildman–Crippen MR) is 76.5 cm³/mol. The molecule has 2 unspecified atom stereocenters. The number of nitrogens with one attached hydrogen (secondary N) is 1. The Hall–Kier alpha value is 0.1000. The maximum absolute atomic E-state index is 3.73. The van der Waals surface area contributed by atoms with Crippen molar-refractivity contribution in [3.8, 4) is 0 Å². The molecule has 1 aromatic rings. The highest BCUT2D eigenvalue weighted by Gasteiger charge is 2.31. The van der Waals surface area contributed by atoms with E-state index in [9.17, 15) is 0 Å². The monoisotopic (exact) mass is 314 g/mol. The van der Waals surface area contributed by atoms with Crippen molar-refractivity contribution in [3.63, 3.8) is 0 Å². The summed E-state index contributed by atoms with van der Waals surface area (Å²) in [6, 6.07) is 3.83. The standard InChI is InChI=1S/C13H19BrN2S/c14-10-6-13(17-9-10)8-15-11-3-5-16-4-1-2-12(16)7-11/h6,9,11-12,15H,1-5,7-8H2. The maximum atomic E-state index is 3.73. The van der Waals surface area contributed by atoms with Gasteiger partial charge in [0.2, 0.25) is 0 Å². The van der Waals surface area contributed by atoms with Crippen molar-refractivity contribution in [2.45, 2.75) is 44.3 Å². The smallest absolute Gasteiger partial charge is 0.0302 e. The lowest BCUT2D eigenvalue weighted by molar-refractivity contribution is 0.166. The molecule has 0 bridgehead atoms. The Balaban J connectivity index is 1.49. The summed E-state index contributed by atoms with van der Waals surface area (Å²) >= 11 is 5.35. The van der Waals surface area contributed by atoms with E-state index < -0.39 is 0 Å². The van der Waals surface area contributed by atoms with Gasteiger partial charge >= 0.3 is 0 Å². The third-order valence-corrected chi connectivity index (χ3v) is 5.70. The quantitative estimate of drug-likeness (QED) is 0.921. The minimum Gasteiger partial charge on any atom is -0.309 e. The number of hydrogen-bond acceptors (Lipinski definition) is 3. The lowest BCUT2D eigenvalue weighted by Crippen LogP contribution is -2.45. The van der Waals surface area contributed by atoms with Gasteiger partial charge in [0.25, 0.3) is 0 Å². The Labute approximate surface area is 116 Å². The van der Waals surface area contributed by atoms with Gasteiger partial charge in [0, 0.05) is 33.4 Å². The van der Waals surface area contributed by atoms with E-state index in [1.807, 2.05) is 11.3 Å². The zero-order valence-electron chi connectivity index (χ0n) is 9.99. The molecule has 2 aliphatic heterocycles. The van der Waals surface area contributed by atoms with Gasteiger partial charge in [-0.05, 0) is 60.8 Å². The second-order valence-electron chi connectivity index (χ2n) is 5.17. The molecule has 3 heterocycles. The van der Waals surface area contributed by atoms with Gasteiger partial charge in [-0.1, -0.05) is 0 Å². The summed E-state index contributed by atoms with van der Waals surface area (Å²) in [6.45, 7) is 3.68. The summed E-state index contributed by atoms with van der Waals surface area (Å²) in [7, 11) is 0. The van der Waals surface area contributed by atoms with E-state index in [4.69, 9.17) is 0 Å². The van der Waals surface area contributed by atoms with Gasteiger partial charge in [-0.25, -0.2) is 0 Å². The third kappa shape index (κ3) is 2.92. The third-order valence-electron chi connectivity index (χ3n) is 4.01. The molecule has 3 rings (SSSR count). The Morgan fingerprint density at radius 1 is 1.41 bits per heavy atom. The van der Waals surface area contributed by atoms with E-state index in [0.29, 0.717) is 0 Å². The molecule has 2 aliphatic rings. The second kappa shape index (κ2) is 5.39. The van der Waals surface area contributed by atoms with E-state index >= 15 is 0 Å². The SMILES string of the molecule is Brc1csc(CNC2CCN3CCCC3C2)c1. The molecule has 94 valence electrons. The van der Waals surface area contributed by atoms with E-state index in [2.05, 4.69) is 37.6 Å². The van der Waals surface area contributed by atoms with Crippen molar-refractivity contribution in [2.75, 3.05) is 13.1 Å². The molecule has 0 spiro atoms. The molecule has 0 saturated carbocycles. The Morgan fingerprint density at radius 2 is 2.35 bits per heavy atom. The van der Waals surface area contributed by atoms with E-state index in [1.165, 1.54) is 48.1 Å². The van der Waals surface area contributed by atoms with Gasteiger partial charge in [-0.2, -0.15) is 0 Å². The molecular weight excluding hydrogens is 296 g/mol. The van der Waals surface area contributed by atoms with Gasteiger partial charge in [0.1, 0.15) is 0 Å². The fourth-order valence-corrected chi connectivity index (χ4v) is 4.50. The molecule has 4 heteroatoms. The number of halogens is 1. The number of piperidine rings is 1. The molecule has 2 nitrogen and oxygen atoms in total. The van der Waals surface area contributed by atoms with Crippen LogP contribution in [0.1, 0.15) is 30.6 Å². The first-order valence-electron chi connectivity index (χ1n) is 6.51. The van der Waals surface area contributed by atoms with Crippen LogP contribution in [0.4, 0.5) is 0 Å². The summed E-state index contributed by atoms with van der Waals surface area (Å²) in [6.07, 6.45) is 5.51. The summed E-state index contributed by atoms with van der Waals surface area (Å²) in [5.74, 6) is 0. The molecule has 1 aromatic heterocycles. The predicted octanol–water partition coefficient (Wildman–Crippen LogP) is 3.23. The van der Waals surface area contributed by atoms with E-state index in [1.54, 1.807) is 0 Å². The summed E-state index contributed by atoms with van der Waals surface area (Å²) in [5.41, 5.74) is 0. The first-order chi connectivity index (χ1) is 8.31. The minimum absolute atomic E-state index is 0.732. The zero-order chi connectivity index (χ0) is 11.7. The molecule has 0 aromatic carbocycles. The first-order valence-corrected chi connectivity index (χ1v) is 8.19. The molecule has 2 fully saturated rings. The van der Waals surface area contributed by atoms with Gasteiger partial charge in [-0.3, -0.25) is 0 Å². The summed E-state index contributed by atoms with van der Waals surface area (Å²) in [4.78, 5) is 4.12. The highest BCUT2D eigenvalue weighted by Crippen LogP contribution is 2.27. The van der Waals surface area contributed by atoms with Crippen molar-refractivity contribution < 1.29 is 0 Å². The highest BCUT2D eigenvalue weighted by atomic mass is 79.9. The molecule has 2 saturated heterocycles. The van der Waals surface area contributed by atoms with Crippen LogP contribution in [0.25, 0.3) is 0 Å². The fourth-order valence-electron chi connectivity index (χ4n) is 3.10. The number of hydrogen-bond donors (Lipinski definition) is 1. The molecule has 2 atom stereocenters. The Kier molecular flexibility index (Phi) is 3.85. The second-order valence-corrected chi connectivity index (χ2v) is 7.08. The number of fused-ring (bicyclic) bond motifs is 1. The average Bonchev–Trinajstić information content (AvgIpc) is 2.94. The van der Waals surface area contributed by atoms with Crippen LogP contribution in [-0.2, 0) is 6.54 Å². The molecule has 0 amide bonds. The van der Waals surface area contributed by atoms with Crippen molar-refractivity contribution in [1.29, 1.82) is 0 Å². The fraction of sp³-hybridized carbons (Fsp3) is 0.692. The maximum Gasteiger partial charge on any atom is 0.0302 e. The van der Waals surface area contributed by atoms with E-state index in [0.717, 1.165) is 18.6 Å². The normalized spacial score (nSPS) is 29.5. The minimum atomic E-state index is 0.732. The van der Waals surface area contributed by atoms with Gasteiger partial charge in [0.05, 0.1) is 0 Å². The number of rotatable bonds is 3. The molecule has 0 radical (unpaired) electrons. The van der Waals surface area contributed by atoms with Crippen LogP contribution in [0.3, 0.4) is 0 Å². The molecule has 17 heavy (non-hydrogen) atoms. The van der Waals surface area contributed by atoms with Crippen molar-refractivity contribution in [1.82, 2.24) is 10.2 Å². The zero-order valence-corrected chi connectivity index (χ0v) is 12.4. The number of thiophene rings is 1. The van der Waals surface area contributed by atoms with Gasteiger partial charge in [0.15, 0.2) is 0 Å². The highest BCUT2D eigenvalue weighted by molar-refractivity contribution is 9.10. The summed E-state index contributed by atoms with van der Waals surface area (Å²) in [5, 5.41) is 5.89. The topological polar surface area (TPSA) is 15.3 Å². The van der Waals surface area contributed by atoms with Crippen molar-refractivity contribution >= 4 is 27.3 Å². The Morgan fingerprint density at radius 3 is 3.18 bits per heavy atom. The van der Waals surface area contributed by atoms with Crippen LogP contribution < -0.4 is 5.32 Å². The largest absolute Gasteiger partial charge is 0.309 e. The van der Waals surface area contributed by atoms with Crippen LogP contribution in [-0.4, -0.2) is 30.1 Å². The Bertz CT molecular complexity index is 379. The molecule has 0 aliphatic carbocycles. The van der Waals surface area contributed by atoms with Gasteiger partial charge < -0.3 is 10.2 Å². The number of nitrogens with zero attached hydrogens (tertiary/aromatic N) is 1. The average molecular weight is 315 g/mol. The van der Waals surface area contributed by atoms with E-state index in [-0.39, 0.29) is 0 Å². The lowest BCUT2D eigenvalue weighted by Gasteiger charge is -2.35. The lowest BCUT2D eigenvalue weighted by atomic mass is 9.97. The van der Waals surface area contributed by atoms with Crippen molar-refractivity contribution in [3.05, 3.63) is 20.8 Å². The molecule has 1 N–H and O–H groups in total. The van der Waals surface area contributed by atoms with Crippen LogP contribution in [0.2, 0.25) is 0 Å². The van der Waals surface area contributed by atoms with Crippen molar-refractivity contribution in [2.24, 2.45) is 0 Å².